The van der Waals surface area contributed by atoms with Gasteiger partial charge in [0.25, 0.3) is 0 Å². The van der Waals surface area contributed by atoms with Crippen molar-refractivity contribution in [3.8, 4) is 11.5 Å². The summed E-state index contributed by atoms with van der Waals surface area (Å²) in [5, 5.41) is 11.4. The van der Waals surface area contributed by atoms with Gasteiger partial charge < -0.3 is 19.0 Å². The first-order chi connectivity index (χ1) is 10.6. The van der Waals surface area contributed by atoms with Crippen molar-refractivity contribution in [2.24, 2.45) is 0 Å². The van der Waals surface area contributed by atoms with Crippen molar-refractivity contribution in [1.82, 2.24) is 4.98 Å². The maximum Gasteiger partial charge on any atom is 0.230 e. The highest BCUT2D eigenvalue weighted by Crippen LogP contribution is 2.34. The SMILES string of the molecule is C=C(C)C(O)COc1ccc2c(OC)c3ccoc3nc2c1. The first kappa shape index (κ1) is 14.4. The highest BCUT2D eigenvalue weighted by molar-refractivity contribution is 5.99. The van der Waals surface area contributed by atoms with Crippen LogP contribution in [0.4, 0.5) is 0 Å². The number of hydrogen-bond acceptors (Lipinski definition) is 5. The van der Waals surface area contributed by atoms with Gasteiger partial charge in [-0.15, -0.1) is 0 Å². The van der Waals surface area contributed by atoms with Crippen molar-refractivity contribution in [3.05, 3.63) is 42.7 Å². The number of fused-ring (bicyclic) bond motifs is 2. The maximum absolute atomic E-state index is 9.72. The first-order valence-corrected chi connectivity index (χ1v) is 6.91. The molecule has 1 unspecified atom stereocenters. The normalized spacial score (nSPS) is 12.5. The minimum absolute atomic E-state index is 0.154. The van der Waals surface area contributed by atoms with E-state index in [1.54, 1.807) is 26.4 Å². The minimum Gasteiger partial charge on any atom is -0.495 e. The van der Waals surface area contributed by atoms with E-state index in [0.717, 1.165) is 16.5 Å². The maximum atomic E-state index is 9.72. The number of ether oxygens (including phenoxy) is 2. The lowest BCUT2D eigenvalue weighted by Crippen LogP contribution is -2.18. The van der Waals surface area contributed by atoms with Crippen molar-refractivity contribution in [2.45, 2.75) is 13.0 Å². The van der Waals surface area contributed by atoms with E-state index in [-0.39, 0.29) is 6.61 Å². The summed E-state index contributed by atoms with van der Waals surface area (Å²) < 4.78 is 16.4. The number of methoxy groups -OCH3 is 1. The molecule has 0 fully saturated rings. The third kappa shape index (κ3) is 2.51. The predicted octanol–water partition coefficient (Wildman–Crippen LogP) is 3.31. The van der Waals surface area contributed by atoms with Crippen molar-refractivity contribution < 1.29 is 19.0 Å². The molecule has 0 aliphatic heterocycles. The van der Waals surface area contributed by atoms with Gasteiger partial charge in [0.2, 0.25) is 5.71 Å². The van der Waals surface area contributed by atoms with Crippen LogP contribution in [0.1, 0.15) is 6.92 Å². The highest BCUT2D eigenvalue weighted by Gasteiger charge is 2.13. The Morgan fingerprint density at radius 1 is 1.36 bits per heavy atom. The largest absolute Gasteiger partial charge is 0.495 e. The van der Waals surface area contributed by atoms with Gasteiger partial charge in [-0.2, -0.15) is 0 Å². The summed E-state index contributed by atoms with van der Waals surface area (Å²) in [5.41, 5.74) is 1.89. The van der Waals surface area contributed by atoms with E-state index in [0.29, 0.717) is 22.6 Å². The third-order valence-corrected chi connectivity index (χ3v) is 3.51. The number of benzene rings is 1. The molecule has 1 aromatic carbocycles. The molecule has 0 saturated heterocycles. The van der Waals surface area contributed by atoms with Gasteiger partial charge in [0.05, 0.1) is 24.3 Å². The van der Waals surface area contributed by atoms with Crippen LogP contribution in [-0.2, 0) is 0 Å². The average molecular weight is 299 g/mol. The summed E-state index contributed by atoms with van der Waals surface area (Å²) in [5.74, 6) is 1.34. The van der Waals surface area contributed by atoms with Gasteiger partial charge in [-0.25, -0.2) is 4.98 Å². The number of rotatable bonds is 5. The molecule has 0 spiro atoms. The van der Waals surface area contributed by atoms with Crippen LogP contribution in [0, 0.1) is 0 Å². The number of aliphatic hydroxyl groups is 1. The van der Waals surface area contributed by atoms with E-state index in [1.165, 1.54) is 0 Å². The van der Waals surface area contributed by atoms with Crippen molar-refractivity contribution in [2.75, 3.05) is 13.7 Å². The molecule has 3 aromatic rings. The van der Waals surface area contributed by atoms with Gasteiger partial charge in [-0.05, 0) is 30.7 Å². The second-order valence-corrected chi connectivity index (χ2v) is 5.14. The van der Waals surface area contributed by atoms with Crippen LogP contribution in [0.25, 0.3) is 22.0 Å². The fourth-order valence-electron chi connectivity index (χ4n) is 2.24. The predicted molar refractivity (Wildman–Crippen MR) is 84.4 cm³/mol. The van der Waals surface area contributed by atoms with Crippen LogP contribution in [0.5, 0.6) is 11.5 Å². The molecule has 5 heteroatoms. The van der Waals surface area contributed by atoms with Gasteiger partial charge in [-0.3, -0.25) is 0 Å². The molecule has 0 aliphatic rings. The summed E-state index contributed by atoms with van der Waals surface area (Å²) in [6.45, 7) is 5.61. The van der Waals surface area contributed by atoms with Crippen LogP contribution in [-0.4, -0.2) is 29.9 Å². The molecule has 0 bridgehead atoms. The molecule has 3 rings (SSSR count). The summed E-state index contributed by atoms with van der Waals surface area (Å²) in [7, 11) is 1.62. The second kappa shape index (κ2) is 5.69. The molecule has 0 aliphatic carbocycles. The molecule has 114 valence electrons. The number of pyridine rings is 1. The first-order valence-electron chi connectivity index (χ1n) is 6.91. The topological polar surface area (TPSA) is 64.7 Å². The molecule has 0 amide bonds. The zero-order valence-electron chi connectivity index (χ0n) is 12.5. The summed E-state index contributed by atoms with van der Waals surface area (Å²) in [4.78, 5) is 4.46. The Hall–Kier alpha value is -2.53. The Morgan fingerprint density at radius 3 is 2.91 bits per heavy atom. The van der Waals surface area contributed by atoms with Crippen molar-refractivity contribution in [1.29, 1.82) is 0 Å². The number of aromatic nitrogens is 1. The molecule has 0 radical (unpaired) electrons. The average Bonchev–Trinajstić information content (AvgIpc) is 2.97. The second-order valence-electron chi connectivity index (χ2n) is 5.14. The molecular formula is C17H17NO4. The number of furan rings is 1. The zero-order chi connectivity index (χ0) is 15.7. The minimum atomic E-state index is -0.689. The number of hydrogen-bond donors (Lipinski definition) is 1. The molecule has 2 heterocycles. The summed E-state index contributed by atoms with van der Waals surface area (Å²) >= 11 is 0. The molecule has 22 heavy (non-hydrogen) atoms. The lowest BCUT2D eigenvalue weighted by atomic mass is 10.1. The quantitative estimate of drug-likeness (QED) is 0.732. The number of aliphatic hydroxyl groups excluding tert-OH is 1. The van der Waals surface area contributed by atoms with Crippen molar-refractivity contribution in [3.63, 3.8) is 0 Å². The van der Waals surface area contributed by atoms with Crippen molar-refractivity contribution >= 4 is 22.0 Å². The summed E-state index contributed by atoms with van der Waals surface area (Å²) in [6, 6.07) is 7.33. The molecule has 0 saturated carbocycles. The van der Waals surface area contributed by atoms with E-state index in [9.17, 15) is 5.11 Å². The number of nitrogens with zero attached hydrogens (tertiary/aromatic N) is 1. The van der Waals surface area contributed by atoms with Crippen LogP contribution in [0.15, 0.2) is 47.1 Å². The monoisotopic (exact) mass is 299 g/mol. The van der Waals surface area contributed by atoms with Gasteiger partial charge in [0.15, 0.2) is 0 Å². The molecule has 1 N–H and O–H groups in total. The standard InChI is InChI=1S/C17H17NO4/c1-10(2)15(19)9-22-11-4-5-12-14(8-11)18-17-13(6-7-21-17)16(12)20-3/h4-8,15,19H,1,9H2,2-3H3. The lowest BCUT2D eigenvalue weighted by Gasteiger charge is -2.13. The van der Waals surface area contributed by atoms with Gasteiger partial charge >= 0.3 is 0 Å². The van der Waals surface area contributed by atoms with E-state index in [2.05, 4.69) is 11.6 Å². The van der Waals surface area contributed by atoms with E-state index in [1.807, 2.05) is 18.2 Å². The van der Waals surface area contributed by atoms with E-state index < -0.39 is 6.10 Å². The van der Waals surface area contributed by atoms with Gasteiger partial charge in [0.1, 0.15) is 24.2 Å². The Morgan fingerprint density at radius 2 is 2.18 bits per heavy atom. The van der Waals surface area contributed by atoms with Crippen LogP contribution < -0.4 is 9.47 Å². The molecular weight excluding hydrogens is 282 g/mol. The molecule has 1 atom stereocenters. The molecule has 5 nitrogen and oxygen atoms in total. The van der Waals surface area contributed by atoms with E-state index in [4.69, 9.17) is 13.9 Å². The van der Waals surface area contributed by atoms with Gasteiger partial charge in [-0.1, -0.05) is 6.58 Å². The van der Waals surface area contributed by atoms with E-state index >= 15 is 0 Å². The Kier molecular flexibility index (Phi) is 3.73. The highest BCUT2D eigenvalue weighted by atomic mass is 16.5. The van der Waals surface area contributed by atoms with Crippen LogP contribution in [0.3, 0.4) is 0 Å². The fourth-order valence-corrected chi connectivity index (χ4v) is 2.24. The smallest absolute Gasteiger partial charge is 0.230 e. The lowest BCUT2D eigenvalue weighted by molar-refractivity contribution is 0.136. The Labute approximate surface area is 127 Å². The zero-order valence-corrected chi connectivity index (χ0v) is 12.5. The fraction of sp³-hybridized carbons (Fsp3) is 0.235. The Bertz CT molecular complexity index is 837. The Balaban J connectivity index is 1.99. The third-order valence-electron chi connectivity index (χ3n) is 3.51. The summed E-state index contributed by atoms with van der Waals surface area (Å²) in [6.07, 6.45) is 0.894. The molecule has 2 aromatic heterocycles. The van der Waals surface area contributed by atoms with Crippen LogP contribution in [0.2, 0.25) is 0 Å². The van der Waals surface area contributed by atoms with Gasteiger partial charge in [0, 0.05) is 11.5 Å². The van der Waals surface area contributed by atoms with Crippen LogP contribution >= 0.6 is 0 Å².